The third-order valence-corrected chi connectivity index (χ3v) is 4.92. The number of hydrogen-bond acceptors (Lipinski definition) is 4. The summed E-state index contributed by atoms with van der Waals surface area (Å²) in [5.41, 5.74) is 0. The van der Waals surface area contributed by atoms with Crippen molar-refractivity contribution in [2.75, 3.05) is 53.0 Å². The van der Waals surface area contributed by atoms with Crippen LogP contribution < -0.4 is 0 Å². The lowest BCUT2D eigenvalue weighted by molar-refractivity contribution is -0.139. The number of piperidine rings is 2. The zero-order valence-corrected chi connectivity index (χ0v) is 18.3. The molecule has 1 amide bonds. The van der Waals surface area contributed by atoms with Crippen molar-refractivity contribution in [3.05, 3.63) is 0 Å². The lowest BCUT2D eigenvalue weighted by Gasteiger charge is -2.37. The molecular weight excluding hydrogens is 328 g/mol. The Hall–Kier alpha value is -0.650. The molecule has 0 atom stereocenters. The zero-order chi connectivity index (χ0) is 19.8. The fourth-order valence-electron chi connectivity index (χ4n) is 3.41. The van der Waals surface area contributed by atoms with Gasteiger partial charge in [0.15, 0.2) is 0 Å². The molecule has 0 aromatic heterocycles. The first-order chi connectivity index (χ1) is 12.7. The van der Waals surface area contributed by atoms with Crippen molar-refractivity contribution in [3.63, 3.8) is 0 Å². The van der Waals surface area contributed by atoms with Crippen molar-refractivity contribution in [3.8, 4) is 0 Å². The topological polar surface area (TPSA) is 42.0 Å². The Morgan fingerprint density at radius 1 is 0.923 bits per heavy atom. The fraction of sp³-hybridized carbons (Fsp3) is 0.952. The van der Waals surface area contributed by atoms with Crippen molar-refractivity contribution >= 4 is 5.91 Å². The fourth-order valence-corrected chi connectivity index (χ4v) is 3.41. The van der Waals surface area contributed by atoms with Gasteiger partial charge in [0.2, 0.25) is 5.91 Å². The Labute approximate surface area is 162 Å². The van der Waals surface area contributed by atoms with Crippen molar-refractivity contribution in [2.24, 2.45) is 5.92 Å². The molecule has 0 N–H and O–H groups in total. The Morgan fingerprint density at radius 3 is 2.00 bits per heavy atom. The van der Waals surface area contributed by atoms with Crippen LogP contribution in [0, 0.1) is 5.92 Å². The number of hydrogen-bond donors (Lipinski definition) is 0. The molecule has 0 unspecified atom stereocenters. The minimum Gasteiger partial charge on any atom is -0.381 e. The molecule has 2 aliphatic rings. The van der Waals surface area contributed by atoms with E-state index >= 15 is 0 Å². The molecule has 2 saturated heterocycles. The van der Waals surface area contributed by atoms with E-state index in [1.807, 2.05) is 27.7 Å². The van der Waals surface area contributed by atoms with Crippen LogP contribution in [0.5, 0.6) is 0 Å². The van der Waals surface area contributed by atoms with Crippen molar-refractivity contribution in [1.82, 2.24) is 9.80 Å². The number of likely N-dealkylation sites (tertiary alicyclic amines) is 2. The van der Waals surface area contributed by atoms with E-state index in [4.69, 9.17) is 9.47 Å². The van der Waals surface area contributed by atoms with Gasteiger partial charge in [0, 0.05) is 39.3 Å². The highest BCUT2D eigenvalue weighted by molar-refractivity contribution is 5.79. The van der Waals surface area contributed by atoms with Gasteiger partial charge in [-0.05, 0) is 45.2 Å². The lowest BCUT2D eigenvalue weighted by Crippen LogP contribution is -2.46. The Morgan fingerprint density at radius 2 is 1.50 bits per heavy atom. The smallest absolute Gasteiger partial charge is 0.225 e. The molecule has 2 fully saturated rings. The van der Waals surface area contributed by atoms with Crippen LogP contribution in [0.4, 0.5) is 0 Å². The molecule has 0 saturated carbocycles. The molecule has 0 aromatic carbocycles. The van der Waals surface area contributed by atoms with Gasteiger partial charge in [-0.3, -0.25) is 4.79 Å². The van der Waals surface area contributed by atoms with E-state index in [0.717, 1.165) is 78.0 Å². The summed E-state index contributed by atoms with van der Waals surface area (Å²) < 4.78 is 10.9. The van der Waals surface area contributed by atoms with E-state index < -0.39 is 0 Å². The largest absolute Gasteiger partial charge is 0.381 e. The number of carbonyl (C=O) groups is 1. The van der Waals surface area contributed by atoms with Gasteiger partial charge in [0.25, 0.3) is 0 Å². The second-order valence-corrected chi connectivity index (χ2v) is 6.49. The average molecular weight is 373 g/mol. The van der Waals surface area contributed by atoms with Crippen LogP contribution in [0.2, 0.25) is 0 Å². The number of amides is 1. The molecule has 2 aliphatic heterocycles. The zero-order valence-electron chi connectivity index (χ0n) is 18.3. The molecule has 0 aromatic rings. The predicted octanol–water partition coefficient (Wildman–Crippen LogP) is 3.81. The summed E-state index contributed by atoms with van der Waals surface area (Å²) in [7, 11) is 1.77. The van der Waals surface area contributed by atoms with Crippen LogP contribution in [0.1, 0.15) is 66.7 Å². The summed E-state index contributed by atoms with van der Waals surface area (Å²) in [6, 6.07) is 0. The predicted molar refractivity (Wildman–Crippen MR) is 110 cm³/mol. The van der Waals surface area contributed by atoms with E-state index in [1.165, 1.54) is 0 Å². The number of carbonyl (C=O) groups excluding carboxylic acids is 1. The first-order valence-electron chi connectivity index (χ1n) is 10.9. The third kappa shape index (κ3) is 9.33. The summed E-state index contributed by atoms with van der Waals surface area (Å²) >= 11 is 0. The van der Waals surface area contributed by atoms with E-state index in [1.54, 1.807) is 7.11 Å². The maximum absolute atomic E-state index is 12.6. The van der Waals surface area contributed by atoms with Gasteiger partial charge in [-0.1, -0.05) is 34.6 Å². The second-order valence-electron chi connectivity index (χ2n) is 6.49. The summed E-state index contributed by atoms with van der Waals surface area (Å²) in [6.07, 6.45) is 5.38. The second kappa shape index (κ2) is 16.5. The van der Waals surface area contributed by atoms with Crippen LogP contribution in [0.15, 0.2) is 0 Å². The van der Waals surface area contributed by atoms with E-state index in [2.05, 4.69) is 16.7 Å². The van der Waals surface area contributed by atoms with Crippen LogP contribution in [-0.2, 0) is 14.3 Å². The van der Waals surface area contributed by atoms with Crippen molar-refractivity contribution in [1.29, 1.82) is 0 Å². The van der Waals surface area contributed by atoms with Gasteiger partial charge in [-0.15, -0.1) is 0 Å². The molecule has 0 aliphatic carbocycles. The van der Waals surface area contributed by atoms with Gasteiger partial charge < -0.3 is 19.3 Å². The molecule has 5 heteroatoms. The number of ether oxygens (including phenoxy) is 2. The quantitative estimate of drug-likeness (QED) is 0.637. The summed E-state index contributed by atoms with van der Waals surface area (Å²) in [4.78, 5) is 17.1. The van der Waals surface area contributed by atoms with Crippen molar-refractivity contribution < 1.29 is 14.3 Å². The molecule has 0 bridgehead atoms. The maximum Gasteiger partial charge on any atom is 0.225 e. The molecular formula is C21H44N2O3. The van der Waals surface area contributed by atoms with Crippen molar-refractivity contribution in [2.45, 2.75) is 72.8 Å². The molecule has 2 rings (SSSR count). The van der Waals surface area contributed by atoms with Gasteiger partial charge in [0.05, 0.1) is 12.7 Å². The Balaban J connectivity index is 0.00000146. The highest BCUT2D eigenvalue weighted by Crippen LogP contribution is 2.22. The van der Waals surface area contributed by atoms with Gasteiger partial charge in [-0.2, -0.15) is 0 Å². The molecule has 0 radical (unpaired) electrons. The molecule has 156 valence electrons. The minimum absolute atomic E-state index is 0.229. The lowest BCUT2D eigenvalue weighted by atomic mass is 9.94. The molecule has 26 heavy (non-hydrogen) atoms. The number of rotatable bonds is 7. The Kier molecular flexibility index (Phi) is 16.1. The summed E-state index contributed by atoms with van der Waals surface area (Å²) in [5, 5.41) is 0. The maximum atomic E-state index is 12.6. The molecule has 0 spiro atoms. The van der Waals surface area contributed by atoms with Gasteiger partial charge >= 0.3 is 0 Å². The first-order valence-corrected chi connectivity index (χ1v) is 10.9. The number of methoxy groups -OCH3 is 1. The molecule has 5 nitrogen and oxygen atoms in total. The normalized spacial score (nSPS) is 19.2. The van der Waals surface area contributed by atoms with Crippen LogP contribution >= 0.6 is 0 Å². The standard InChI is InChI=1S/C17H32N2O3.2C2H6/c1-3-13-22-14-12-18-8-4-15(5-9-18)17(20)19-10-6-16(21-2)7-11-19;2*1-2/h15-16H,3-14H2,1-2H3;2*1-2H3. The Bertz CT molecular complexity index is 323. The van der Waals surface area contributed by atoms with Crippen LogP contribution in [-0.4, -0.2) is 74.9 Å². The van der Waals surface area contributed by atoms with E-state index in [-0.39, 0.29) is 5.92 Å². The summed E-state index contributed by atoms with van der Waals surface area (Å²) in [5.74, 6) is 0.600. The average Bonchev–Trinajstić information content (AvgIpc) is 2.74. The summed E-state index contributed by atoms with van der Waals surface area (Å²) in [6.45, 7) is 16.6. The third-order valence-electron chi connectivity index (χ3n) is 4.92. The highest BCUT2D eigenvalue weighted by atomic mass is 16.5. The highest BCUT2D eigenvalue weighted by Gasteiger charge is 2.30. The minimum atomic E-state index is 0.229. The van der Waals surface area contributed by atoms with Gasteiger partial charge in [0.1, 0.15) is 0 Å². The van der Waals surface area contributed by atoms with Crippen LogP contribution in [0.3, 0.4) is 0 Å². The first kappa shape index (κ1) is 25.4. The van der Waals surface area contributed by atoms with E-state index in [0.29, 0.717) is 12.0 Å². The molecule has 2 heterocycles. The monoisotopic (exact) mass is 372 g/mol. The SMILES string of the molecule is CC.CC.CCCOCCN1CCC(C(=O)N2CCC(OC)CC2)CC1. The van der Waals surface area contributed by atoms with E-state index in [9.17, 15) is 4.79 Å². The number of nitrogens with zero attached hydrogens (tertiary/aromatic N) is 2. The van der Waals surface area contributed by atoms with Crippen LogP contribution in [0.25, 0.3) is 0 Å². The van der Waals surface area contributed by atoms with Gasteiger partial charge in [-0.25, -0.2) is 0 Å².